The summed E-state index contributed by atoms with van der Waals surface area (Å²) in [6, 6.07) is 4.56. The summed E-state index contributed by atoms with van der Waals surface area (Å²) in [7, 11) is 0. The van der Waals surface area contributed by atoms with Gasteiger partial charge < -0.3 is 20.5 Å². The maximum atomic E-state index is 9.70. The summed E-state index contributed by atoms with van der Waals surface area (Å²) in [6.07, 6.45) is 3.46. The van der Waals surface area contributed by atoms with E-state index in [1.54, 1.807) is 24.5 Å². The van der Waals surface area contributed by atoms with Crippen LogP contribution in [-0.2, 0) is 6.54 Å². The molecule has 0 bridgehead atoms. The van der Waals surface area contributed by atoms with Crippen molar-refractivity contribution in [3.05, 3.63) is 42.0 Å². The van der Waals surface area contributed by atoms with E-state index in [-0.39, 0.29) is 17.5 Å². The van der Waals surface area contributed by atoms with E-state index in [2.05, 4.69) is 15.3 Å². The Balaban J connectivity index is 2.01. The molecule has 2 aromatic rings. The minimum Gasteiger partial charge on any atom is -0.508 e. The summed E-state index contributed by atoms with van der Waals surface area (Å²) in [4.78, 5) is 7.09. The Morgan fingerprint density at radius 2 is 2.24 bits per heavy atom. The Labute approximate surface area is 99.2 Å². The van der Waals surface area contributed by atoms with Gasteiger partial charge in [0.1, 0.15) is 17.3 Å². The van der Waals surface area contributed by atoms with Crippen molar-refractivity contribution in [2.45, 2.75) is 19.5 Å². The molecule has 0 radical (unpaired) electrons. The number of H-pyrrole nitrogens is 1. The minimum absolute atomic E-state index is 0.0271. The molecule has 0 amide bonds. The first-order valence-electron chi connectivity index (χ1n) is 5.40. The molecule has 0 saturated heterocycles. The third-order valence-electron chi connectivity index (χ3n) is 2.61. The number of hydrogen-bond donors (Lipinski definition) is 4. The highest BCUT2D eigenvalue weighted by atomic mass is 16.3. The number of rotatable bonds is 4. The van der Waals surface area contributed by atoms with Gasteiger partial charge in [-0.2, -0.15) is 0 Å². The van der Waals surface area contributed by atoms with E-state index in [4.69, 9.17) is 0 Å². The normalized spacial score (nSPS) is 12.5. The zero-order chi connectivity index (χ0) is 12.3. The molecule has 0 aliphatic carbocycles. The SMILES string of the molecule is CC(NCc1ncc[nH]1)c1ccc(O)cc1O. The average molecular weight is 233 g/mol. The van der Waals surface area contributed by atoms with Gasteiger partial charge in [-0.25, -0.2) is 4.98 Å². The number of aromatic hydroxyl groups is 2. The van der Waals surface area contributed by atoms with Crippen LogP contribution in [0.4, 0.5) is 0 Å². The third kappa shape index (κ3) is 2.76. The lowest BCUT2D eigenvalue weighted by atomic mass is 10.1. The molecule has 1 unspecified atom stereocenters. The van der Waals surface area contributed by atoms with Crippen LogP contribution in [-0.4, -0.2) is 20.2 Å². The number of hydrogen-bond acceptors (Lipinski definition) is 4. The standard InChI is InChI=1S/C12H15N3O2/c1-8(15-7-12-13-4-5-14-12)10-3-2-9(16)6-11(10)17/h2-6,8,15-17H,7H2,1H3,(H,13,14). The van der Waals surface area contributed by atoms with Crippen molar-refractivity contribution in [2.24, 2.45) is 0 Å². The van der Waals surface area contributed by atoms with Crippen LogP contribution in [0.5, 0.6) is 11.5 Å². The number of aromatic nitrogens is 2. The van der Waals surface area contributed by atoms with E-state index in [1.165, 1.54) is 6.07 Å². The molecule has 17 heavy (non-hydrogen) atoms. The van der Waals surface area contributed by atoms with Crippen molar-refractivity contribution in [3.63, 3.8) is 0 Å². The molecule has 5 nitrogen and oxygen atoms in total. The van der Waals surface area contributed by atoms with Crippen molar-refractivity contribution in [1.29, 1.82) is 0 Å². The molecule has 1 aromatic carbocycles. The monoisotopic (exact) mass is 233 g/mol. The summed E-state index contributed by atoms with van der Waals surface area (Å²) in [5, 5.41) is 22.1. The summed E-state index contributed by atoms with van der Waals surface area (Å²) < 4.78 is 0. The van der Waals surface area contributed by atoms with Crippen LogP contribution < -0.4 is 5.32 Å². The summed E-state index contributed by atoms with van der Waals surface area (Å²) in [6.45, 7) is 2.53. The molecular weight excluding hydrogens is 218 g/mol. The first-order chi connectivity index (χ1) is 8.16. The number of benzene rings is 1. The van der Waals surface area contributed by atoms with Crippen molar-refractivity contribution in [1.82, 2.24) is 15.3 Å². The lowest BCUT2D eigenvalue weighted by Crippen LogP contribution is -2.18. The Morgan fingerprint density at radius 1 is 1.41 bits per heavy atom. The maximum absolute atomic E-state index is 9.70. The quantitative estimate of drug-likeness (QED) is 0.647. The number of nitrogens with zero attached hydrogens (tertiary/aromatic N) is 1. The Hall–Kier alpha value is -2.01. The van der Waals surface area contributed by atoms with Gasteiger partial charge in [0.25, 0.3) is 0 Å². The zero-order valence-electron chi connectivity index (χ0n) is 9.51. The molecule has 0 aliphatic rings. The predicted octanol–water partition coefficient (Wildman–Crippen LogP) is 1.67. The molecule has 0 aliphatic heterocycles. The molecule has 1 atom stereocenters. The van der Waals surface area contributed by atoms with Crippen LogP contribution in [0, 0.1) is 0 Å². The Morgan fingerprint density at radius 3 is 2.88 bits per heavy atom. The van der Waals surface area contributed by atoms with Crippen LogP contribution >= 0.6 is 0 Å². The zero-order valence-corrected chi connectivity index (χ0v) is 9.51. The van der Waals surface area contributed by atoms with E-state index in [9.17, 15) is 10.2 Å². The van der Waals surface area contributed by atoms with Crippen molar-refractivity contribution < 1.29 is 10.2 Å². The van der Waals surface area contributed by atoms with Crippen molar-refractivity contribution in [2.75, 3.05) is 0 Å². The van der Waals surface area contributed by atoms with Gasteiger partial charge in [-0.3, -0.25) is 0 Å². The highest BCUT2D eigenvalue weighted by Gasteiger charge is 2.10. The van der Waals surface area contributed by atoms with Crippen LogP contribution in [0.15, 0.2) is 30.6 Å². The number of nitrogens with one attached hydrogen (secondary N) is 2. The smallest absolute Gasteiger partial charge is 0.124 e. The highest BCUT2D eigenvalue weighted by molar-refractivity contribution is 5.40. The van der Waals surface area contributed by atoms with Crippen LogP contribution in [0.2, 0.25) is 0 Å². The topological polar surface area (TPSA) is 81.2 Å². The van der Waals surface area contributed by atoms with Gasteiger partial charge in [0.15, 0.2) is 0 Å². The first kappa shape index (κ1) is 11.5. The minimum atomic E-state index is -0.0271. The van der Waals surface area contributed by atoms with Crippen LogP contribution in [0.1, 0.15) is 24.4 Å². The second-order valence-corrected chi connectivity index (χ2v) is 3.88. The molecule has 0 spiro atoms. The van der Waals surface area contributed by atoms with Gasteiger partial charge in [-0.1, -0.05) is 6.07 Å². The van der Waals surface area contributed by atoms with Crippen molar-refractivity contribution >= 4 is 0 Å². The fourth-order valence-corrected chi connectivity index (χ4v) is 1.65. The Bertz CT molecular complexity index is 483. The van der Waals surface area contributed by atoms with Crippen molar-refractivity contribution in [3.8, 4) is 11.5 Å². The number of phenolic OH excluding ortho intramolecular Hbond substituents is 2. The summed E-state index contributed by atoms with van der Waals surface area (Å²) in [5.41, 5.74) is 0.745. The van der Waals surface area contributed by atoms with Crippen LogP contribution in [0.3, 0.4) is 0 Å². The molecule has 5 heteroatoms. The lowest BCUT2D eigenvalue weighted by Gasteiger charge is -2.14. The van der Waals surface area contributed by atoms with Gasteiger partial charge in [-0.15, -0.1) is 0 Å². The number of imidazole rings is 1. The predicted molar refractivity (Wildman–Crippen MR) is 63.6 cm³/mol. The third-order valence-corrected chi connectivity index (χ3v) is 2.61. The fourth-order valence-electron chi connectivity index (χ4n) is 1.65. The molecule has 1 aromatic heterocycles. The largest absolute Gasteiger partial charge is 0.508 e. The molecule has 4 N–H and O–H groups in total. The van der Waals surface area contributed by atoms with Gasteiger partial charge in [-0.05, 0) is 13.0 Å². The summed E-state index contributed by atoms with van der Waals surface area (Å²) in [5.74, 6) is 0.990. The van der Waals surface area contributed by atoms with Gasteiger partial charge in [0.05, 0.1) is 6.54 Å². The van der Waals surface area contributed by atoms with Gasteiger partial charge in [0, 0.05) is 30.1 Å². The van der Waals surface area contributed by atoms with Gasteiger partial charge >= 0.3 is 0 Å². The second kappa shape index (κ2) is 4.88. The first-order valence-corrected chi connectivity index (χ1v) is 5.40. The van der Waals surface area contributed by atoms with Gasteiger partial charge in [0.2, 0.25) is 0 Å². The molecule has 1 heterocycles. The summed E-state index contributed by atoms with van der Waals surface area (Å²) >= 11 is 0. The molecule has 90 valence electrons. The molecule has 0 fully saturated rings. The second-order valence-electron chi connectivity index (χ2n) is 3.88. The molecule has 2 rings (SSSR count). The molecular formula is C12H15N3O2. The van der Waals surface area contributed by atoms with E-state index >= 15 is 0 Å². The van der Waals surface area contributed by atoms with E-state index in [0.717, 1.165) is 11.4 Å². The fraction of sp³-hybridized carbons (Fsp3) is 0.250. The molecule has 0 saturated carbocycles. The Kier molecular flexibility index (Phi) is 3.30. The number of phenols is 2. The number of aromatic amines is 1. The maximum Gasteiger partial charge on any atom is 0.124 e. The lowest BCUT2D eigenvalue weighted by molar-refractivity contribution is 0.435. The van der Waals surface area contributed by atoms with E-state index in [1.807, 2.05) is 6.92 Å². The van der Waals surface area contributed by atoms with Crippen LogP contribution in [0.25, 0.3) is 0 Å². The van der Waals surface area contributed by atoms with E-state index in [0.29, 0.717) is 6.54 Å². The average Bonchev–Trinajstić information content (AvgIpc) is 2.78. The van der Waals surface area contributed by atoms with E-state index < -0.39 is 0 Å². The highest BCUT2D eigenvalue weighted by Crippen LogP contribution is 2.27.